The van der Waals surface area contributed by atoms with E-state index < -0.39 is 124 Å². The van der Waals surface area contributed by atoms with Gasteiger partial charge in [-0.15, -0.1) is 0 Å². The molecule has 17 unspecified atom stereocenters. The predicted molar refractivity (Wildman–Crippen MR) is 277 cm³/mol. The monoisotopic (exact) mass is 1060 g/mol. The van der Waals surface area contributed by atoms with Crippen LogP contribution in [0.1, 0.15) is 162 Å². The zero-order chi connectivity index (χ0) is 54.1. The number of carbonyl (C=O) groups is 1. The van der Waals surface area contributed by atoms with E-state index in [2.05, 4.69) is 55.6 Å². The first-order chi connectivity index (χ1) is 35.8. The molecule has 17 atom stereocenters. The molecule has 19 nitrogen and oxygen atoms in total. The fourth-order valence-electron chi connectivity index (χ4n) is 9.14. The summed E-state index contributed by atoms with van der Waals surface area (Å²) in [5, 5.41) is 120. The maximum Gasteiger partial charge on any atom is 0.220 e. The second-order valence-corrected chi connectivity index (χ2v) is 20.0. The van der Waals surface area contributed by atoms with Crippen molar-refractivity contribution in [1.82, 2.24) is 5.32 Å². The molecule has 3 aliphatic heterocycles. The van der Waals surface area contributed by atoms with E-state index in [-0.39, 0.29) is 18.9 Å². The third kappa shape index (κ3) is 23.8. The average molecular weight is 1060 g/mol. The number of ether oxygens (including phenoxy) is 6. The van der Waals surface area contributed by atoms with Gasteiger partial charge in [0.15, 0.2) is 18.9 Å². The van der Waals surface area contributed by atoms with Crippen molar-refractivity contribution < 1.29 is 89.4 Å². The fraction of sp³-hybridized carbons (Fsp3) is 0.836. The quantitative estimate of drug-likeness (QED) is 0.0310. The van der Waals surface area contributed by atoms with Crippen molar-refractivity contribution in [2.45, 2.75) is 266 Å². The lowest BCUT2D eigenvalue weighted by Gasteiger charge is -2.48. The molecule has 0 aromatic heterocycles. The Hall–Kier alpha value is -2.25. The lowest BCUT2D eigenvalue weighted by molar-refractivity contribution is -0.379. The molecule has 3 saturated heterocycles. The second kappa shape index (κ2) is 39.2. The molecule has 0 saturated carbocycles. The molecule has 74 heavy (non-hydrogen) atoms. The summed E-state index contributed by atoms with van der Waals surface area (Å²) in [6.07, 6.45) is 14.0. The SMILES string of the molecule is CCCC/C=C\CCCCCCCC(=O)NC(COC1OC(CO)C(OC2OC(CO)C(OC3OC(CO)C(O)C(O)C3O)C(O)C2O)C(O)C1O)C(O)/C=C/CC/C=C/CC/C=C/CCCCCCCCCC. The number of rotatable bonds is 39. The normalized spacial score (nSPS) is 31.8. The van der Waals surface area contributed by atoms with Crippen LogP contribution in [-0.2, 0) is 33.2 Å². The number of nitrogens with one attached hydrogen (secondary N) is 1. The fourth-order valence-corrected chi connectivity index (χ4v) is 9.14. The van der Waals surface area contributed by atoms with Crippen LogP contribution in [0.3, 0.4) is 0 Å². The lowest BCUT2D eigenvalue weighted by Crippen LogP contribution is -2.66. The number of allylic oxidation sites excluding steroid dienone is 7. The van der Waals surface area contributed by atoms with Gasteiger partial charge in [0, 0.05) is 6.42 Å². The summed E-state index contributed by atoms with van der Waals surface area (Å²) in [5.74, 6) is -0.304. The van der Waals surface area contributed by atoms with Crippen molar-refractivity contribution in [2.24, 2.45) is 0 Å². The number of unbranched alkanes of at least 4 members (excludes halogenated alkanes) is 17. The Balaban J connectivity index is 1.55. The molecular weight excluding hydrogens is 963 g/mol. The summed E-state index contributed by atoms with van der Waals surface area (Å²) < 4.78 is 34.1. The minimum atomic E-state index is -1.98. The molecule has 3 rings (SSSR count). The highest BCUT2D eigenvalue weighted by Crippen LogP contribution is 2.33. The van der Waals surface area contributed by atoms with Crippen LogP contribution in [0.15, 0.2) is 48.6 Å². The summed E-state index contributed by atoms with van der Waals surface area (Å²) in [4.78, 5) is 13.2. The molecule has 1 amide bonds. The van der Waals surface area contributed by atoms with Crippen LogP contribution in [0.25, 0.3) is 0 Å². The maximum atomic E-state index is 13.2. The van der Waals surface area contributed by atoms with E-state index in [1.807, 2.05) is 6.08 Å². The van der Waals surface area contributed by atoms with Crippen LogP contribution in [0.2, 0.25) is 0 Å². The van der Waals surface area contributed by atoms with Gasteiger partial charge in [-0.05, 0) is 64.2 Å². The Kier molecular flexibility index (Phi) is 34.9. The highest BCUT2D eigenvalue weighted by Gasteiger charge is 2.53. The Labute approximate surface area is 440 Å². The average Bonchev–Trinajstić information content (AvgIpc) is 3.40. The highest BCUT2D eigenvalue weighted by molar-refractivity contribution is 5.76. The van der Waals surface area contributed by atoms with Crippen LogP contribution in [0, 0.1) is 0 Å². The molecule has 12 N–H and O–H groups in total. The van der Waals surface area contributed by atoms with E-state index in [1.54, 1.807) is 6.08 Å². The van der Waals surface area contributed by atoms with Crippen molar-refractivity contribution in [1.29, 1.82) is 0 Å². The third-order valence-electron chi connectivity index (χ3n) is 13.8. The Morgan fingerprint density at radius 3 is 1.39 bits per heavy atom. The molecule has 3 fully saturated rings. The van der Waals surface area contributed by atoms with Gasteiger partial charge in [-0.1, -0.05) is 140 Å². The topological polar surface area (TPSA) is 307 Å². The predicted octanol–water partition coefficient (Wildman–Crippen LogP) is 3.53. The van der Waals surface area contributed by atoms with Gasteiger partial charge < -0.3 is 89.9 Å². The number of aliphatic hydroxyl groups is 11. The van der Waals surface area contributed by atoms with Crippen LogP contribution in [-0.4, -0.2) is 193 Å². The summed E-state index contributed by atoms with van der Waals surface area (Å²) in [6, 6.07) is -0.998. The first-order valence-corrected chi connectivity index (χ1v) is 27.9. The lowest BCUT2D eigenvalue weighted by atomic mass is 9.96. The Bertz CT molecular complexity index is 1550. The van der Waals surface area contributed by atoms with Gasteiger partial charge in [-0.25, -0.2) is 0 Å². The van der Waals surface area contributed by atoms with Gasteiger partial charge in [0.1, 0.15) is 73.2 Å². The van der Waals surface area contributed by atoms with Gasteiger partial charge in [0.05, 0.1) is 38.6 Å². The third-order valence-corrected chi connectivity index (χ3v) is 13.8. The first-order valence-electron chi connectivity index (χ1n) is 27.9. The molecule has 430 valence electrons. The van der Waals surface area contributed by atoms with Gasteiger partial charge in [-0.3, -0.25) is 4.79 Å². The van der Waals surface area contributed by atoms with Crippen LogP contribution in [0.5, 0.6) is 0 Å². The smallest absolute Gasteiger partial charge is 0.220 e. The van der Waals surface area contributed by atoms with Gasteiger partial charge in [0.25, 0.3) is 0 Å². The van der Waals surface area contributed by atoms with E-state index in [1.165, 1.54) is 64.2 Å². The van der Waals surface area contributed by atoms with E-state index in [0.29, 0.717) is 12.8 Å². The van der Waals surface area contributed by atoms with Crippen molar-refractivity contribution in [2.75, 3.05) is 26.4 Å². The standard InChI is InChI=1S/C55H97NO18/c1-3-5-7-9-11-13-15-16-17-18-19-20-21-23-24-26-28-30-32-39(60)38(56-43(61)33-31-29-27-25-22-14-12-10-8-6-4-2)37-69-53-49(67)46(64)51(41(35-58)71-53)74-55-50(68)47(65)52(42(36-59)72-55)73-54-48(66)45(63)44(62)40(34-57)70-54/h10,12,18-19,23-24,30,32,38-42,44-55,57-60,62-68H,3-9,11,13-17,20-22,25-29,31,33-37H2,1-2H3,(H,56,61)/b12-10-,19-18+,24-23+,32-30+. The van der Waals surface area contributed by atoms with E-state index in [9.17, 15) is 61.0 Å². The minimum absolute atomic E-state index is 0.220. The largest absolute Gasteiger partial charge is 0.394 e. The van der Waals surface area contributed by atoms with Crippen LogP contribution >= 0.6 is 0 Å². The molecule has 0 aromatic rings. The Morgan fingerprint density at radius 1 is 0.473 bits per heavy atom. The summed E-state index contributed by atoms with van der Waals surface area (Å²) in [5.41, 5.74) is 0. The van der Waals surface area contributed by atoms with Crippen molar-refractivity contribution in [3.05, 3.63) is 48.6 Å². The maximum absolute atomic E-state index is 13.2. The second-order valence-electron chi connectivity index (χ2n) is 20.0. The van der Waals surface area contributed by atoms with Crippen LogP contribution < -0.4 is 5.32 Å². The zero-order valence-corrected chi connectivity index (χ0v) is 44.3. The molecular formula is C55H97NO18. The number of aliphatic hydroxyl groups excluding tert-OH is 11. The number of hydrogen-bond donors (Lipinski definition) is 12. The molecule has 0 aliphatic carbocycles. The molecule has 0 spiro atoms. The van der Waals surface area contributed by atoms with Crippen LogP contribution in [0.4, 0.5) is 0 Å². The van der Waals surface area contributed by atoms with Gasteiger partial charge in [-0.2, -0.15) is 0 Å². The van der Waals surface area contributed by atoms with E-state index in [0.717, 1.165) is 64.2 Å². The Morgan fingerprint density at radius 2 is 0.878 bits per heavy atom. The molecule has 0 radical (unpaired) electrons. The van der Waals surface area contributed by atoms with Gasteiger partial charge in [0.2, 0.25) is 5.91 Å². The highest BCUT2D eigenvalue weighted by atomic mass is 16.8. The summed E-state index contributed by atoms with van der Waals surface area (Å²) >= 11 is 0. The number of carbonyl (C=O) groups excluding carboxylic acids is 1. The summed E-state index contributed by atoms with van der Waals surface area (Å²) in [6.45, 7) is 1.61. The first kappa shape index (κ1) is 66.0. The van der Waals surface area contributed by atoms with E-state index in [4.69, 9.17) is 28.4 Å². The van der Waals surface area contributed by atoms with Gasteiger partial charge >= 0.3 is 0 Å². The van der Waals surface area contributed by atoms with Crippen molar-refractivity contribution >= 4 is 5.91 Å². The minimum Gasteiger partial charge on any atom is -0.394 e. The zero-order valence-electron chi connectivity index (χ0n) is 44.3. The summed E-state index contributed by atoms with van der Waals surface area (Å²) in [7, 11) is 0. The number of hydrogen-bond acceptors (Lipinski definition) is 18. The molecule has 3 heterocycles. The van der Waals surface area contributed by atoms with Crippen molar-refractivity contribution in [3.8, 4) is 0 Å². The molecule has 3 aliphatic rings. The molecule has 0 aromatic carbocycles. The van der Waals surface area contributed by atoms with E-state index >= 15 is 0 Å². The van der Waals surface area contributed by atoms with Crippen molar-refractivity contribution in [3.63, 3.8) is 0 Å². The molecule has 0 bridgehead atoms. The molecule has 19 heteroatoms. The number of amides is 1.